The van der Waals surface area contributed by atoms with Crippen LogP contribution in [0.5, 0.6) is 0 Å². The van der Waals surface area contributed by atoms with Crippen LogP contribution in [0.2, 0.25) is 0 Å². The maximum absolute atomic E-state index is 9.77. The molecule has 16 heavy (non-hydrogen) atoms. The lowest BCUT2D eigenvalue weighted by Crippen LogP contribution is -2.39. The number of hydrogen-bond acceptors (Lipinski definition) is 5. The highest BCUT2D eigenvalue weighted by molar-refractivity contribution is 5.83. The van der Waals surface area contributed by atoms with Gasteiger partial charge in [-0.05, 0) is 25.7 Å². The summed E-state index contributed by atoms with van der Waals surface area (Å²) in [6, 6.07) is 0.463. The number of carbonyl (C=O) groups is 2. The topological polar surface area (TPSA) is 141 Å². The second-order valence-electron chi connectivity index (χ2n) is 3.76. The fraction of sp³-hybridized carbons (Fsp3) is 0.778. The van der Waals surface area contributed by atoms with E-state index in [-0.39, 0.29) is 0 Å². The summed E-state index contributed by atoms with van der Waals surface area (Å²) >= 11 is 0. The molecule has 94 valence electrons. The van der Waals surface area contributed by atoms with Gasteiger partial charge in [-0.2, -0.15) is 0 Å². The predicted molar refractivity (Wildman–Crippen MR) is 53.7 cm³/mol. The normalized spacial score (nSPS) is 20.0. The Labute approximate surface area is 92.5 Å². The first-order valence-electron chi connectivity index (χ1n) is 4.84. The highest BCUT2D eigenvalue weighted by Gasteiger charge is 2.29. The minimum absolute atomic E-state index is 0.463. The second kappa shape index (κ2) is 6.41. The highest BCUT2D eigenvalue weighted by atomic mass is 16.4. The summed E-state index contributed by atoms with van der Waals surface area (Å²) in [5, 5.41) is 32.5. The summed E-state index contributed by atoms with van der Waals surface area (Å²) in [4.78, 5) is 19.5. The molecular weight excluding hydrogens is 218 g/mol. The predicted octanol–water partition coefficient (Wildman–Crippen LogP) is -1.38. The average Bonchev–Trinajstić information content (AvgIpc) is 2.99. The van der Waals surface area contributed by atoms with Crippen LogP contribution in [-0.2, 0) is 9.59 Å². The summed E-state index contributed by atoms with van der Waals surface area (Å²) in [6.07, 6.45) is -1.79. The second-order valence-corrected chi connectivity index (χ2v) is 3.76. The van der Waals surface area contributed by atoms with E-state index in [0.717, 1.165) is 5.92 Å². The number of aliphatic hydroxyl groups excluding tert-OH is 2. The van der Waals surface area contributed by atoms with Gasteiger partial charge in [0, 0.05) is 6.04 Å². The van der Waals surface area contributed by atoms with Crippen molar-refractivity contribution in [1.82, 2.24) is 0 Å². The largest absolute Gasteiger partial charge is 0.479 e. The van der Waals surface area contributed by atoms with E-state index in [0.29, 0.717) is 6.04 Å². The van der Waals surface area contributed by atoms with Crippen LogP contribution in [0.4, 0.5) is 0 Å². The zero-order chi connectivity index (χ0) is 12.9. The third-order valence-corrected chi connectivity index (χ3v) is 2.17. The molecule has 1 rings (SSSR count). The van der Waals surface area contributed by atoms with Crippen molar-refractivity contribution in [3.63, 3.8) is 0 Å². The Morgan fingerprint density at radius 2 is 1.44 bits per heavy atom. The molecule has 2 unspecified atom stereocenters. The smallest absolute Gasteiger partial charge is 0.335 e. The van der Waals surface area contributed by atoms with Gasteiger partial charge >= 0.3 is 11.9 Å². The van der Waals surface area contributed by atoms with E-state index in [2.05, 4.69) is 6.92 Å². The molecule has 1 fully saturated rings. The molecule has 3 atom stereocenters. The van der Waals surface area contributed by atoms with Gasteiger partial charge in [0.15, 0.2) is 12.2 Å². The van der Waals surface area contributed by atoms with Gasteiger partial charge in [0.05, 0.1) is 0 Å². The van der Waals surface area contributed by atoms with E-state index < -0.39 is 24.1 Å². The number of nitrogens with two attached hydrogens (primary N) is 1. The van der Waals surface area contributed by atoms with Crippen molar-refractivity contribution in [2.75, 3.05) is 0 Å². The summed E-state index contributed by atoms with van der Waals surface area (Å²) < 4.78 is 0. The van der Waals surface area contributed by atoms with Crippen LogP contribution in [0.15, 0.2) is 0 Å². The molecule has 1 aliphatic rings. The van der Waals surface area contributed by atoms with Crippen LogP contribution < -0.4 is 5.73 Å². The van der Waals surface area contributed by atoms with E-state index in [1.807, 2.05) is 0 Å². The molecule has 0 spiro atoms. The first-order valence-corrected chi connectivity index (χ1v) is 4.84. The minimum atomic E-state index is -2.27. The van der Waals surface area contributed by atoms with E-state index in [4.69, 9.17) is 26.2 Å². The van der Waals surface area contributed by atoms with Crippen molar-refractivity contribution in [1.29, 1.82) is 0 Å². The third kappa shape index (κ3) is 5.64. The molecule has 0 aromatic rings. The number of hydrogen-bond donors (Lipinski definition) is 5. The Morgan fingerprint density at radius 1 is 1.12 bits per heavy atom. The lowest BCUT2D eigenvalue weighted by molar-refractivity contribution is -0.165. The molecule has 1 aliphatic carbocycles. The average molecular weight is 235 g/mol. The van der Waals surface area contributed by atoms with E-state index in [1.54, 1.807) is 0 Å². The van der Waals surface area contributed by atoms with Crippen molar-refractivity contribution in [3.05, 3.63) is 0 Å². The van der Waals surface area contributed by atoms with Crippen LogP contribution in [-0.4, -0.2) is 50.6 Å². The van der Waals surface area contributed by atoms with Crippen molar-refractivity contribution < 1.29 is 30.0 Å². The fourth-order valence-electron chi connectivity index (χ4n) is 0.892. The minimum Gasteiger partial charge on any atom is -0.479 e. The van der Waals surface area contributed by atoms with Crippen molar-refractivity contribution in [2.24, 2.45) is 11.7 Å². The van der Waals surface area contributed by atoms with E-state index in [1.165, 1.54) is 12.8 Å². The molecule has 0 aromatic heterocycles. The van der Waals surface area contributed by atoms with Crippen LogP contribution in [0.3, 0.4) is 0 Å². The molecule has 1 saturated carbocycles. The molecule has 7 nitrogen and oxygen atoms in total. The molecule has 0 saturated heterocycles. The van der Waals surface area contributed by atoms with Crippen LogP contribution in [0.1, 0.15) is 19.8 Å². The monoisotopic (exact) mass is 235 g/mol. The summed E-state index contributed by atoms with van der Waals surface area (Å²) in [5.74, 6) is -2.66. The molecule has 0 aromatic carbocycles. The molecule has 6 N–H and O–H groups in total. The van der Waals surface area contributed by atoms with Crippen molar-refractivity contribution in [2.45, 2.75) is 38.0 Å². The maximum Gasteiger partial charge on any atom is 0.335 e. The molecule has 0 heterocycles. The van der Waals surface area contributed by atoms with Gasteiger partial charge in [-0.15, -0.1) is 0 Å². The fourth-order valence-corrected chi connectivity index (χ4v) is 0.892. The number of rotatable bonds is 4. The molecule has 0 aliphatic heterocycles. The van der Waals surface area contributed by atoms with Crippen molar-refractivity contribution >= 4 is 11.9 Å². The third-order valence-electron chi connectivity index (χ3n) is 2.17. The zero-order valence-corrected chi connectivity index (χ0v) is 8.91. The number of carboxylic acid groups (broad SMARTS) is 2. The molecule has 0 amide bonds. The Bertz CT molecular complexity index is 232. The summed E-state index contributed by atoms with van der Waals surface area (Å²) in [6.45, 7) is 2.08. The van der Waals surface area contributed by atoms with Gasteiger partial charge in [-0.1, -0.05) is 0 Å². The van der Waals surface area contributed by atoms with Crippen LogP contribution in [0, 0.1) is 5.92 Å². The van der Waals surface area contributed by atoms with Gasteiger partial charge in [0.2, 0.25) is 0 Å². The quantitative estimate of drug-likeness (QED) is 0.404. The van der Waals surface area contributed by atoms with Crippen LogP contribution >= 0.6 is 0 Å². The van der Waals surface area contributed by atoms with Gasteiger partial charge in [0.25, 0.3) is 0 Å². The summed E-state index contributed by atoms with van der Waals surface area (Å²) in [5.41, 5.74) is 5.50. The van der Waals surface area contributed by atoms with E-state index >= 15 is 0 Å². The standard InChI is InChI=1S/C5H11N.C4H6O6/c1-4(6)5-2-3-5;5-1(3(7)8)2(6)4(9)10/h4-5H,2-3,6H2,1H3;1-2,5-6H,(H,7,8)(H,9,10)/t4-;/m0./s1. The first kappa shape index (κ1) is 14.8. The number of carboxylic acids is 2. The highest BCUT2D eigenvalue weighted by Crippen LogP contribution is 2.30. The summed E-state index contributed by atoms with van der Waals surface area (Å²) in [7, 11) is 0. The molecular formula is C9H17NO6. The van der Waals surface area contributed by atoms with Crippen molar-refractivity contribution in [3.8, 4) is 0 Å². The Kier molecular flexibility index (Phi) is 5.94. The SMILES string of the molecule is C[C@H](N)C1CC1.O=C(O)C(O)C(O)C(=O)O. The Morgan fingerprint density at radius 3 is 1.50 bits per heavy atom. The Balaban J connectivity index is 0.000000315. The van der Waals surface area contributed by atoms with Crippen LogP contribution in [0.25, 0.3) is 0 Å². The molecule has 0 bridgehead atoms. The molecule has 0 radical (unpaired) electrons. The van der Waals surface area contributed by atoms with Gasteiger partial charge < -0.3 is 26.2 Å². The lowest BCUT2D eigenvalue weighted by Gasteiger charge is -2.07. The van der Waals surface area contributed by atoms with Gasteiger partial charge in [0.1, 0.15) is 0 Å². The zero-order valence-electron chi connectivity index (χ0n) is 8.91. The number of aliphatic hydroxyl groups is 2. The lowest BCUT2D eigenvalue weighted by atomic mass is 10.2. The molecule has 7 heteroatoms. The van der Waals surface area contributed by atoms with E-state index in [9.17, 15) is 9.59 Å². The van der Waals surface area contributed by atoms with Gasteiger partial charge in [-0.25, -0.2) is 9.59 Å². The maximum atomic E-state index is 9.77. The number of aliphatic carboxylic acids is 2. The Hall–Kier alpha value is -1.18. The van der Waals surface area contributed by atoms with Gasteiger partial charge in [-0.3, -0.25) is 0 Å². The first-order chi connectivity index (χ1) is 7.27.